The van der Waals surface area contributed by atoms with Crippen LogP contribution < -0.4 is 14.8 Å². The Balaban J connectivity index is 2.25. The Bertz CT molecular complexity index is 999. The van der Waals surface area contributed by atoms with Gasteiger partial charge in [-0.2, -0.15) is 5.26 Å². The molecule has 7 nitrogen and oxygen atoms in total. The van der Waals surface area contributed by atoms with Gasteiger partial charge in [0.1, 0.15) is 11.6 Å². The number of aliphatic carboxylic acids is 1. The van der Waals surface area contributed by atoms with E-state index < -0.39 is 18.5 Å². The van der Waals surface area contributed by atoms with Gasteiger partial charge in [-0.15, -0.1) is 0 Å². The molecule has 2 N–H and O–H groups in total. The SMILES string of the molecule is CCOc1cc(/C=C(\C#N)C(=O)Nc2ccc(Cl)c(Cl)c2)ccc1OCC(=O)O. The molecule has 1 amide bonds. The molecule has 2 aromatic carbocycles. The molecule has 2 rings (SSSR count). The van der Waals surface area contributed by atoms with Crippen LogP contribution in [0.1, 0.15) is 12.5 Å². The number of amides is 1. The van der Waals surface area contributed by atoms with Gasteiger partial charge in [0.25, 0.3) is 5.91 Å². The number of nitriles is 1. The van der Waals surface area contributed by atoms with Crippen molar-refractivity contribution in [2.24, 2.45) is 0 Å². The van der Waals surface area contributed by atoms with E-state index in [1.807, 2.05) is 6.07 Å². The Morgan fingerprint density at radius 1 is 1.14 bits per heavy atom. The van der Waals surface area contributed by atoms with E-state index in [1.54, 1.807) is 25.1 Å². The van der Waals surface area contributed by atoms with Crippen molar-refractivity contribution in [2.75, 3.05) is 18.5 Å². The number of carbonyl (C=O) groups is 2. The summed E-state index contributed by atoms with van der Waals surface area (Å²) in [5.41, 5.74) is 0.729. The zero-order chi connectivity index (χ0) is 21.4. The smallest absolute Gasteiger partial charge is 0.341 e. The van der Waals surface area contributed by atoms with Crippen molar-refractivity contribution >= 4 is 46.8 Å². The van der Waals surface area contributed by atoms with Crippen molar-refractivity contribution in [1.29, 1.82) is 5.26 Å². The predicted octanol–water partition coefficient (Wildman–Crippen LogP) is 4.40. The summed E-state index contributed by atoms with van der Waals surface area (Å²) >= 11 is 11.8. The number of hydrogen-bond donors (Lipinski definition) is 2. The van der Waals surface area contributed by atoms with Crippen LogP contribution in [0.25, 0.3) is 6.08 Å². The molecule has 150 valence electrons. The lowest BCUT2D eigenvalue weighted by atomic mass is 10.1. The topological polar surface area (TPSA) is 109 Å². The molecule has 0 fully saturated rings. The fourth-order valence-corrected chi connectivity index (χ4v) is 2.53. The van der Waals surface area contributed by atoms with E-state index in [0.717, 1.165) is 0 Å². The summed E-state index contributed by atoms with van der Waals surface area (Å²) in [6.07, 6.45) is 1.37. The molecular weight excluding hydrogens is 419 g/mol. The van der Waals surface area contributed by atoms with E-state index in [2.05, 4.69) is 5.32 Å². The Morgan fingerprint density at radius 3 is 2.52 bits per heavy atom. The quantitative estimate of drug-likeness (QED) is 0.470. The standard InChI is InChI=1S/C20H16Cl2N2O5/c1-2-28-18-8-12(3-6-17(18)29-11-19(25)26)7-13(10-23)20(27)24-14-4-5-15(21)16(22)9-14/h3-9H,2,11H2,1H3,(H,24,27)(H,25,26)/b13-7+. The lowest BCUT2D eigenvalue weighted by Crippen LogP contribution is -2.13. The van der Waals surface area contributed by atoms with Gasteiger partial charge in [-0.25, -0.2) is 4.79 Å². The molecule has 0 saturated carbocycles. The fraction of sp³-hybridized carbons (Fsp3) is 0.150. The largest absolute Gasteiger partial charge is 0.490 e. The van der Waals surface area contributed by atoms with Crippen LogP contribution in [0.5, 0.6) is 11.5 Å². The number of anilines is 1. The lowest BCUT2D eigenvalue weighted by Gasteiger charge is -2.11. The van der Waals surface area contributed by atoms with Crippen LogP contribution in [0, 0.1) is 11.3 Å². The maximum Gasteiger partial charge on any atom is 0.341 e. The number of nitrogens with one attached hydrogen (secondary N) is 1. The van der Waals surface area contributed by atoms with Crippen LogP contribution >= 0.6 is 23.2 Å². The summed E-state index contributed by atoms with van der Waals surface area (Å²) in [5.74, 6) is -1.22. The van der Waals surface area contributed by atoms with Crippen molar-refractivity contribution in [3.63, 3.8) is 0 Å². The molecule has 0 spiro atoms. The van der Waals surface area contributed by atoms with Crippen LogP contribution in [-0.4, -0.2) is 30.2 Å². The number of carboxylic acids is 1. The number of halogens is 2. The maximum absolute atomic E-state index is 12.4. The van der Waals surface area contributed by atoms with E-state index in [9.17, 15) is 14.9 Å². The number of rotatable bonds is 8. The number of nitrogens with zero attached hydrogens (tertiary/aromatic N) is 1. The summed E-state index contributed by atoms with van der Waals surface area (Å²) in [4.78, 5) is 23.1. The van der Waals surface area contributed by atoms with Crippen LogP contribution in [0.15, 0.2) is 42.0 Å². The first kappa shape index (κ1) is 22.1. The molecule has 0 aliphatic heterocycles. The van der Waals surface area contributed by atoms with Crippen LogP contribution in [0.3, 0.4) is 0 Å². The lowest BCUT2D eigenvalue weighted by molar-refractivity contribution is -0.139. The van der Waals surface area contributed by atoms with E-state index in [0.29, 0.717) is 28.6 Å². The summed E-state index contributed by atoms with van der Waals surface area (Å²) in [5, 5.41) is 21.3. The third-order valence-corrected chi connectivity index (χ3v) is 4.21. The molecule has 0 heterocycles. The minimum atomic E-state index is -1.12. The second kappa shape index (κ2) is 10.4. The van der Waals surface area contributed by atoms with Gasteiger partial charge < -0.3 is 19.9 Å². The molecule has 9 heteroatoms. The second-order valence-corrected chi connectivity index (χ2v) is 6.39. The Morgan fingerprint density at radius 2 is 1.90 bits per heavy atom. The normalized spacial score (nSPS) is 10.8. The molecule has 0 aliphatic rings. The number of carboxylic acid groups (broad SMARTS) is 1. The van der Waals surface area contributed by atoms with Gasteiger partial charge in [0.05, 0.1) is 16.7 Å². The fourth-order valence-electron chi connectivity index (χ4n) is 2.23. The summed E-state index contributed by atoms with van der Waals surface area (Å²) in [6, 6.07) is 11.0. The van der Waals surface area contributed by atoms with Gasteiger partial charge in [-0.05, 0) is 48.9 Å². The highest BCUT2D eigenvalue weighted by Gasteiger charge is 2.13. The van der Waals surface area contributed by atoms with Gasteiger partial charge in [0.15, 0.2) is 18.1 Å². The van der Waals surface area contributed by atoms with Crippen molar-refractivity contribution in [2.45, 2.75) is 6.92 Å². The Labute approximate surface area is 177 Å². The number of benzene rings is 2. The molecule has 0 bridgehead atoms. The third-order valence-electron chi connectivity index (χ3n) is 3.47. The molecule has 2 aromatic rings. The summed E-state index contributed by atoms with van der Waals surface area (Å²) in [6.45, 7) is 1.55. The molecule has 0 atom stereocenters. The van der Waals surface area contributed by atoms with Crippen molar-refractivity contribution in [3.05, 3.63) is 57.6 Å². The van der Waals surface area contributed by atoms with Crippen molar-refractivity contribution < 1.29 is 24.2 Å². The highest BCUT2D eigenvalue weighted by Crippen LogP contribution is 2.30. The van der Waals surface area contributed by atoms with Gasteiger partial charge in [-0.3, -0.25) is 4.79 Å². The molecule has 0 aliphatic carbocycles. The maximum atomic E-state index is 12.4. The Hall–Kier alpha value is -3.21. The van der Waals surface area contributed by atoms with Gasteiger partial charge in [0, 0.05) is 5.69 Å². The van der Waals surface area contributed by atoms with Crippen molar-refractivity contribution in [3.8, 4) is 17.6 Å². The zero-order valence-electron chi connectivity index (χ0n) is 15.2. The van der Waals surface area contributed by atoms with E-state index in [4.69, 9.17) is 37.8 Å². The van der Waals surface area contributed by atoms with E-state index in [-0.39, 0.29) is 16.3 Å². The third kappa shape index (κ3) is 6.42. The average molecular weight is 435 g/mol. The monoisotopic (exact) mass is 434 g/mol. The molecule has 0 saturated heterocycles. The van der Waals surface area contributed by atoms with E-state index >= 15 is 0 Å². The van der Waals surface area contributed by atoms with Gasteiger partial charge >= 0.3 is 5.97 Å². The minimum Gasteiger partial charge on any atom is -0.490 e. The summed E-state index contributed by atoms with van der Waals surface area (Å²) < 4.78 is 10.6. The number of ether oxygens (including phenoxy) is 2. The van der Waals surface area contributed by atoms with Crippen LogP contribution in [0.2, 0.25) is 10.0 Å². The average Bonchev–Trinajstić information content (AvgIpc) is 2.68. The number of hydrogen-bond acceptors (Lipinski definition) is 5. The van der Waals surface area contributed by atoms with Crippen LogP contribution in [-0.2, 0) is 9.59 Å². The highest BCUT2D eigenvalue weighted by molar-refractivity contribution is 6.42. The molecule has 0 aromatic heterocycles. The Kier molecular flexibility index (Phi) is 7.89. The second-order valence-electron chi connectivity index (χ2n) is 5.57. The highest BCUT2D eigenvalue weighted by atomic mass is 35.5. The van der Waals surface area contributed by atoms with Crippen LogP contribution in [0.4, 0.5) is 5.69 Å². The van der Waals surface area contributed by atoms with Crippen molar-refractivity contribution in [1.82, 2.24) is 0 Å². The predicted molar refractivity (Wildman–Crippen MR) is 109 cm³/mol. The molecule has 29 heavy (non-hydrogen) atoms. The van der Waals surface area contributed by atoms with Gasteiger partial charge in [-0.1, -0.05) is 29.3 Å². The first-order valence-electron chi connectivity index (χ1n) is 8.33. The van der Waals surface area contributed by atoms with Gasteiger partial charge in [0.2, 0.25) is 0 Å². The summed E-state index contributed by atoms with van der Waals surface area (Å²) in [7, 11) is 0. The minimum absolute atomic E-state index is 0.155. The number of carbonyl (C=O) groups excluding carboxylic acids is 1. The first-order valence-corrected chi connectivity index (χ1v) is 9.09. The molecule has 0 unspecified atom stereocenters. The zero-order valence-corrected chi connectivity index (χ0v) is 16.8. The van der Waals surface area contributed by atoms with E-state index in [1.165, 1.54) is 24.3 Å². The molecular formula is C20H16Cl2N2O5. The first-order chi connectivity index (χ1) is 13.8. The molecule has 0 radical (unpaired) electrons.